The zero-order valence-electron chi connectivity index (χ0n) is 14.0. The number of benzene rings is 1. The average Bonchev–Trinajstić information content (AvgIpc) is 2.48. The molecule has 2 unspecified atom stereocenters. The summed E-state index contributed by atoms with van der Waals surface area (Å²) in [4.78, 5) is 11.5. The van der Waals surface area contributed by atoms with Gasteiger partial charge in [-0.15, -0.1) is 0 Å². The van der Waals surface area contributed by atoms with Crippen molar-refractivity contribution in [3.63, 3.8) is 0 Å². The molecule has 0 fully saturated rings. The van der Waals surface area contributed by atoms with Gasteiger partial charge in [0.2, 0.25) is 0 Å². The standard InChI is InChI=1S/C15H22F3N3O4/c1-14(2,3)25-13(24)20-7-11(22)12(23)9-5-4-8(15(16,17)18)6-10(9)21-19/h4-6,11-12,21-23H,7,19H2,1-3H3,(H,20,24). The molecular weight excluding hydrogens is 343 g/mol. The number of hydrogen-bond acceptors (Lipinski definition) is 6. The number of nitrogens with one attached hydrogen (secondary N) is 2. The van der Waals surface area contributed by atoms with Crippen LogP contribution in [-0.2, 0) is 10.9 Å². The summed E-state index contributed by atoms with van der Waals surface area (Å²) in [5, 5.41) is 22.3. The largest absolute Gasteiger partial charge is 0.444 e. The number of ether oxygens (including phenoxy) is 1. The van der Waals surface area contributed by atoms with Gasteiger partial charge >= 0.3 is 12.3 Å². The lowest BCUT2D eigenvalue weighted by molar-refractivity contribution is -0.137. The summed E-state index contributed by atoms with van der Waals surface area (Å²) in [7, 11) is 0. The molecule has 0 heterocycles. The predicted molar refractivity (Wildman–Crippen MR) is 84.5 cm³/mol. The summed E-state index contributed by atoms with van der Waals surface area (Å²) in [6.45, 7) is 4.58. The summed E-state index contributed by atoms with van der Waals surface area (Å²) in [5.41, 5.74) is 0.115. The molecule has 1 aromatic carbocycles. The number of aliphatic hydroxyl groups excluding tert-OH is 2. The van der Waals surface area contributed by atoms with Crippen LogP contribution in [0.5, 0.6) is 0 Å². The summed E-state index contributed by atoms with van der Waals surface area (Å²) < 4.78 is 43.1. The SMILES string of the molecule is CC(C)(C)OC(=O)NCC(O)C(O)c1ccc(C(F)(F)F)cc1NN. The van der Waals surface area contributed by atoms with Gasteiger partial charge in [0.15, 0.2) is 0 Å². The maximum Gasteiger partial charge on any atom is 0.416 e. The molecule has 6 N–H and O–H groups in total. The minimum absolute atomic E-state index is 0.0472. The average molecular weight is 365 g/mol. The molecule has 25 heavy (non-hydrogen) atoms. The van der Waals surface area contributed by atoms with Crippen LogP contribution in [0.2, 0.25) is 0 Å². The molecule has 1 rings (SSSR count). The van der Waals surface area contributed by atoms with Gasteiger partial charge in [0.25, 0.3) is 0 Å². The van der Waals surface area contributed by atoms with Gasteiger partial charge in [0, 0.05) is 12.1 Å². The quantitative estimate of drug-likeness (QED) is 0.402. The van der Waals surface area contributed by atoms with Gasteiger partial charge in [-0.1, -0.05) is 6.07 Å². The highest BCUT2D eigenvalue weighted by atomic mass is 19.4. The third-order valence-electron chi connectivity index (χ3n) is 3.07. The Labute approximate surface area is 142 Å². The highest BCUT2D eigenvalue weighted by molar-refractivity contribution is 5.67. The van der Waals surface area contributed by atoms with E-state index in [1.807, 2.05) is 0 Å². The molecule has 0 aromatic heterocycles. The normalized spacial score (nSPS) is 14.6. The lowest BCUT2D eigenvalue weighted by Gasteiger charge is -2.23. The van der Waals surface area contributed by atoms with E-state index in [1.165, 1.54) is 0 Å². The number of carbonyl (C=O) groups excluding carboxylic acids is 1. The Morgan fingerprint density at radius 3 is 2.36 bits per heavy atom. The molecule has 0 aliphatic rings. The number of nitrogen functional groups attached to an aromatic ring is 1. The van der Waals surface area contributed by atoms with Gasteiger partial charge in [-0.05, 0) is 32.9 Å². The highest BCUT2D eigenvalue weighted by Gasteiger charge is 2.32. The van der Waals surface area contributed by atoms with Crippen molar-refractivity contribution in [2.75, 3.05) is 12.0 Å². The first-order chi connectivity index (χ1) is 11.3. The van der Waals surface area contributed by atoms with Crippen molar-refractivity contribution < 1.29 is 32.9 Å². The Hall–Kier alpha value is -2.04. The molecule has 0 radical (unpaired) electrons. The lowest BCUT2D eigenvalue weighted by Crippen LogP contribution is -2.39. The molecule has 7 nitrogen and oxygen atoms in total. The fourth-order valence-corrected chi connectivity index (χ4v) is 1.94. The molecule has 1 aromatic rings. The Bertz CT molecular complexity index is 603. The van der Waals surface area contributed by atoms with Crippen LogP contribution in [0.15, 0.2) is 18.2 Å². The summed E-state index contributed by atoms with van der Waals surface area (Å²) >= 11 is 0. The number of halogens is 3. The van der Waals surface area contributed by atoms with Crippen LogP contribution in [-0.4, -0.2) is 34.6 Å². The van der Waals surface area contributed by atoms with E-state index in [4.69, 9.17) is 10.6 Å². The van der Waals surface area contributed by atoms with E-state index in [0.717, 1.165) is 12.1 Å². The van der Waals surface area contributed by atoms with E-state index in [0.29, 0.717) is 6.07 Å². The topological polar surface area (TPSA) is 117 Å². The molecule has 142 valence electrons. The van der Waals surface area contributed by atoms with Crippen molar-refractivity contribution in [3.8, 4) is 0 Å². The van der Waals surface area contributed by atoms with Gasteiger partial charge in [0.05, 0.1) is 11.3 Å². The fourth-order valence-electron chi connectivity index (χ4n) is 1.94. The van der Waals surface area contributed by atoms with Crippen LogP contribution in [0.3, 0.4) is 0 Å². The third kappa shape index (κ3) is 6.40. The lowest BCUT2D eigenvalue weighted by atomic mass is 10.00. The minimum atomic E-state index is -4.58. The number of alkyl halides is 3. The van der Waals surface area contributed by atoms with Crippen molar-refractivity contribution in [1.82, 2.24) is 5.32 Å². The Morgan fingerprint density at radius 1 is 1.28 bits per heavy atom. The first kappa shape index (κ1) is 21.0. The predicted octanol–water partition coefficient (Wildman–Crippen LogP) is 1.91. The number of hydrogen-bond donors (Lipinski definition) is 5. The van der Waals surface area contributed by atoms with Crippen LogP contribution in [0.1, 0.15) is 38.0 Å². The van der Waals surface area contributed by atoms with Crippen LogP contribution in [0.25, 0.3) is 0 Å². The second-order valence-corrected chi connectivity index (χ2v) is 6.34. The summed E-state index contributed by atoms with van der Waals surface area (Å²) in [5.74, 6) is 5.19. The van der Waals surface area contributed by atoms with Crippen molar-refractivity contribution in [1.29, 1.82) is 0 Å². The number of aliphatic hydroxyl groups is 2. The second kappa shape index (κ2) is 7.89. The van der Waals surface area contributed by atoms with Crippen LogP contribution >= 0.6 is 0 Å². The van der Waals surface area contributed by atoms with Crippen molar-refractivity contribution in [2.24, 2.45) is 5.84 Å². The smallest absolute Gasteiger partial charge is 0.416 e. The minimum Gasteiger partial charge on any atom is -0.444 e. The molecule has 0 aliphatic heterocycles. The molecule has 10 heteroatoms. The second-order valence-electron chi connectivity index (χ2n) is 6.34. The van der Waals surface area contributed by atoms with Crippen LogP contribution < -0.4 is 16.6 Å². The van der Waals surface area contributed by atoms with Gasteiger partial charge in [-0.25, -0.2) is 4.79 Å². The van der Waals surface area contributed by atoms with Gasteiger partial charge < -0.3 is 25.7 Å². The number of alkyl carbamates (subject to hydrolysis) is 1. The monoisotopic (exact) mass is 365 g/mol. The maximum absolute atomic E-state index is 12.7. The molecule has 0 saturated heterocycles. The van der Waals surface area contributed by atoms with E-state index >= 15 is 0 Å². The number of carbonyl (C=O) groups is 1. The van der Waals surface area contributed by atoms with E-state index in [9.17, 15) is 28.2 Å². The summed E-state index contributed by atoms with van der Waals surface area (Å²) in [6, 6.07) is 2.47. The van der Waals surface area contributed by atoms with E-state index < -0.39 is 35.6 Å². The maximum atomic E-state index is 12.7. The van der Waals surface area contributed by atoms with E-state index in [1.54, 1.807) is 20.8 Å². The first-order valence-electron chi connectivity index (χ1n) is 7.36. The number of amides is 1. The molecule has 1 amide bonds. The molecule has 0 aliphatic carbocycles. The summed E-state index contributed by atoms with van der Waals surface area (Å²) in [6.07, 6.45) is -8.45. The van der Waals surface area contributed by atoms with Crippen LogP contribution in [0.4, 0.5) is 23.7 Å². The first-order valence-corrected chi connectivity index (χ1v) is 7.36. The van der Waals surface area contributed by atoms with Gasteiger partial charge in [-0.2, -0.15) is 13.2 Å². The van der Waals surface area contributed by atoms with E-state index in [-0.39, 0.29) is 17.8 Å². The molecule has 2 atom stereocenters. The molecule has 0 spiro atoms. The van der Waals surface area contributed by atoms with E-state index in [2.05, 4.69) is 10.7 Å². The van der Waals surface area contributed by atoms with Crippen molar-refractivity contribution in [2.45, 2.75) is 44.8 Å². The molecule has 0 bridgehead atoms. The van der Waals surface area contributed by atoms with Gasteiger partial charge in [0.1, 0.15) is 17.8 Å². The zero-order valence-corrected chi connectivity index (χ0v) is 14.0. The number of nitrogens with two attached hydrogens (primary N) is 1. The molecular formula is C15H22F3N3O4. The number of anilines is 1. The molecule has 0 saturated carbocycles. The fraction of sp³-hybridized carbons (Fsp3) is 0.533. The number of rotatable bonds is 5. The Kier molecular flexibility index (Phi) is 6.63. The Balaban J connectivity index is 2.81. The van der Waals surface area contributed by atoms with Crippen molar-refractivity contribution in [3.05, 3.63) is 29.3 Å². The highest BCUT2D eigenvalue weighted by Crippen LogP contribution is 2.34. The zero-order chi connectivity index (χ0) is 19.4. The van der Waals surface area contributed by atoms with Crippen molar-refractivity contribution >= 4 is 11.8 Å². The number of hydrazine groups is 1. The van der Waals surface area contributed by atoms with Crippen LogP contribution in [0, 0.1) is 0 Å². The third-order valence-corrected chi connectivity index (χ3v) is 3.07. The Morgan fingerprint density at radius 2 is 1.88 bits per heavy atom. The van der Waals surface area contributed by atoms with Gasteiger partial charge in [-0.3, -0.25) is 5.84 Å².